The molecule has 1 aromatic rings. The number of aromatic hydroxyl groups is 2. The summed E-state index contributed by atoms with van der Waals surface area (Å²) in [5, 5.41) is 31.7. The molecule has 0 spiro atoms. The fourth-order valence-corrected chi connectivity index (χ4v) is 4.36. The van der Waals surface area contributed by atoms with Gasteiger partial charge >= 0.3 is 0 Å². The van der Waals surface area contributed by atoms with E-state index < -0.39 is 11.0 Å². The number of rotatable bonds is 1. The van der Waals surface area contributed by atoms with Gasteiger partial charge in [-0.25, -0.2) is 0 Å². The quantitative estimate of drug-likeness (QED) is 0.685. The number of aryl methyl sites for hydroxylation is 1. The van der Waals surface area contributed by atoms with E-state index in [4.69, 9.17) is 0 Å². The minimum atomic E-state index is -1.07. The zero-order valence-electron chi connectivity index (χ0n) is 13.1. The van der Waals surface area contributed by atoms with Crippen molar-refractivity contribution >= 4 is 5.78 Å². The molecule has 0 bridgehead atoms. The van der Waals surface area contributed by atoms with Crippen LogP contribution in [0.3, 0.4) is 0 Å². The van der Waals surface area contributed by atoms with Crippen LogP contribution in [0.25, 0.3) is 0 Å². The molecule has 0 amide bonds. The Balaban J connectivity index is 2.23. The first-order valence-electron chi connectivity index (χ1n) is 7.74. The summed E-state index contributed by atoms with van der Waals surface area (Å²) in [6, 6.07) is 3.18. The fourth-order valence-electron chi connectivity index (χ4n) is 4.36. The molecule has 0 aromatic heterocycles. The number of β-amino-alcohol motifs (C(OH)–C–C–N with tert-alkyl or cyclic N) is 1. The number of likely N-dealkylation sites (N-methyl/N-ethyl adjacent to an activating group) is 1. The first-order chi connectivity index (χ1) is 10.3. The van der Waals surface area contributed by atoms with Crippen molar-refractivity contribution in [2.75, 3.05) is 20.1 Å². The first kappa shape index (κ1) is 15.3. The summed E-state index contributed by atoms with van der Waals surface area (Å²) in [6.45, 7) is 3.06. The maximum atomic E-state index is 12.2. The van der Waals surface area contributed by atoms with E-state index in [9.17, 15) is 20.1 Å². The van der Waals surface area contributed by atoms with E-state index in [1.807, 2.05) is 14.0 Å². The van der Waals surface area contributed by atoms with Gasteiger partial charge in [-0.2, -0.15) is 0 Å². The number of hydrogen-bond acceptors (Lipinski definition) is 5. The highest BCUT2D eigenvalue weighted by Gasteiger charge is 2.58. The van der Waals surface area contributed by atoms with E-state index in [-0.39, 0.29) is 23.7 Å². The molecule has 2 atom stereocenters. The Morgan fingerprint density at radius 2 is 1.95 bits per heavy atom. The van der Waals surface area contributed by atoms with Gasteiger partial charge in [0, 0.05) is 30.4 Å². The highest BCUT2D eigenvalue weighted by molar-refractivity contribution is 5.82. The second-order valence-electron chi connectivity index (χ2n) is 6.94. The number of nitrogens with zero attached hydrogens (tertiary/aromatic N) is 1. The molecule has 5 heteroatoms. The summed E-state index contributed by atoms with van der Waals surface area (Å²) in [6.07, 6.45) is 1.56. The molecule has 22 heavy (non-hydrogen) atoms. The van der Waals surface area contributed by atoms with Crippen LogP contribution in [0.15, 0.2) is 12.1 Å². The number of phenolic OH excluding ortho intramolecular Hbond substituents is 2. The van der Waals surface area contributed by atoms with E-state index in [2.05, 4.69) is 4.90 Å². The molecule has 1 aliphatic carbocycles. The monoisotopic (exact) mass is 305 g/mol. The van der Waals surface area contributed by atoms with Crippen molar-refractivity contribution in [3.8, 4) is 11.5 Å². The summed E-state index contributed by atoms with van der Waals surface area (Å²) in [5.74, 6) is -0.289. The lowest BCUT2D eigenvalue weighted by molar-refractivity contribution is -0.145. The SMILES string of the molecule is Cc1ccc(O)c(O)c1[C@]12CCN(C)C[C@]1(O)CCC(=O)C2. The van der Waals surface area contributed by atoms with Gasteiger partial charge in [-0.1, -0.05) is 6.07 Å². The van der Waals surface area contributed by atoms with Crippen LogP contribution >= 0.6 is 0 Å². The zero-order chi connectivity index (χ0) is 16.1. The topological polar surface area (TPSA) is 81.0 Å². The lowest BCUT2D eigenvalue weighted by Crippen LogP contribution is -2.65. The van der Waals surface area contributed by atoms with Crippen molar-refractivity contribution in [3.05, 3.63) is 23.3 Å². The van der Waals surface area contributed by atoms with Crippen molar-refractivity contribution in [2.24, 2.45) is 0 Å². The van der Waals surface area contributed by atoms with Crippen molar-refractivity contribution in [1.82, 2.24) is 4.90 Å². The molecule has 0 unspecified atom stereocenters. The van der Waals surface area contributed by atoms with Gasteiger partial charge in [0.25, 0.3) is 0 Å². The molecule has 1 saturated carbocycles. The Hall–Kier alpha value is -1.59. The Labute approximate surface area is 130 Å². The maximum Gasteiger partial charge on any atom is 0.161 e. The molecule has 120 valence electrons. The zero-order valence-corrected chi connectivity index (χ0v) is 13.1. The predicted molar refractivity (Wildman–Crippen MR) is 82.1 cm³/mol. The Kier molecular flexibility index (Phi) is 3.45. The normalized spacial score (nSPS) is 32.8. The van der Waals surface area contributed by atoms with Crippen LogP contribution in [0.2, 0.25) is 0 Å². The molecule has 1 aromatic carbocycles. The van der Waals surface area contributed by atoms with E-state index in [0.29, 0.717) is 31.4 Å². The van der Waals surface area contributed by atoms with Gasteiger partial charge in [0.2, 0.25) is 0 Å². The minimum absolute atomic E-state index is 0.108. The molecule has 3 rings (SSSR count). The van der Waals surface area contributed by atoms with Gasteiger partial charge in [0.05, 0.1) is 5.60 Å². The second-order valence-corrected chi connectivity index (χ2v) is 6.94. The lowest BCUT2D eigenvalue weighted by Gasteiger charge is -2.56. The highest BCUT2D eigenvalue weighted by Crippen LogP contribution is 2.54. The van der Waals surface area contributed by atoms with Gasteiger partial charge in [-0.3, -0.25) is 4.79 Å². The third-order valence-corrected chi connectivity index (χ3v) is 5.50. The highest BCUT2D eigenvalue weighted by atomic mass is 16.3. The van der Waals surface area contributed by atoms with Crippen LogP contribution < -0.4 is 0 Å². The minimum Gasteiger partial charge on any atom is -0.504 e. The number of piperidine rings is 1. The third-order valence-electron chi connectivity index (χ3n) is 5.50. The predicted octanol–water partition coefficient (Wildman–Crippen LogP) is 1.46. The van der Waals surface area contributed by atoms with Gasteiger partial charge < -0.3 is 20.2 Å². The smallest absolute Gasteiger partial charge is 0.161 e. The summed E-state index contributed by atoms with van der Waals surface area (Å²) >= 11 is 0. The number of aliphatic hydroxyl groups is 1. The number of likely N-dealkylation sites (tertiary alicyclic amines) is 1. The second kappa shape index (κ2) is 4.96. The molecule has 5 nitrogen and oxygen atoms in total. The van der Waals surface area contributed by atoms with Crippen molar-refractivity contribution in [2.45, 2.75) is 43.6 Å². The van der Waals surface area contributed by atoms with Crippen molar-refractivity contribution < 1.29 is 20.1 Å². The molecule has 1 saturated heterocycles. The van der Waals surface area contributed by atoms with Crippen LogP contribution in [0.4, 0.5) is 0 Å². The van der Waals surface area contributed by atoms with E-state index in [1.54, 1.807) is 6.07 Å². The number of Topliss-reactive ketones (excluding diaryl/α,β-unsaturated/α-hetero) is 1. The van der Waals surface area contributed by atoms with Gasteiger partial charge in [0.15, 0.2) is 11.5 Å². The average Bonchev–Trinajstić information content (AvgIpc) is 2.45. The fraction of sp³-hybridized carbons (Fsp3) is 0.588. The Morgan fingerprint density at radius 3 is 2.68 bits per heavy atom. The summed E-state index contributed by atoms with van der Waals surface area (Å²) in [5.41, 5.74) is -0.546. The largest absolute Gasteiger partial charge is 0.504 e. The number of carbonyl (C=O) groups is 1. The van der Waals surface area contributed by atoms with Gasteiger partial charge in [0.1, 0.15) is 5.78 Å². The van der Waals surface area contributed by atoms with Gasteiger partial charge in [-0.15, -0.1) is 0 Å². The standard InChI is InChI=1S/C17H23NO4/c1-11-3-4-13(20)15(21)14(11)16-7-8-18(2)10-17(16,22)6-5-12(19)9-16/h3-4,20-22H,5-10H2,1-2H3/t16-,17-/m1/s1. The number of ketones is 1. The van der Waals surface area contributed by atoms with E-state index in [1.165, 1.54) is 6.07 Å². The molecule has 2 aliphatic rings. The molecule has 3 N–H and O–H groups in total. The number of carbonyl (C=O) groups excluding carboxylic acids is 1. The number of hydrogen-bond donors (Lipinski definition) is 3. The maximum absolute atomic E-state index is 12.2. The lowest BCUT2D eigenvalue weighted by atomic mass is 9.55. The molecule has 2 fully saturated rings. The number of fused-ring (bicyclic) bond motifs is 1. The number of benzene rings is 1. The van der Waals surface area contributed by atoms with Crippen molar-refractivity contribution in [1.29, 1.82) is 0 Å². The molecular formula is C17H23NO4. The van der Waals surface area contributed by atoms with Gasteiger partial charge in [-0.05, 0) is 45.0 Å². The van der Waals surface area contributed by atoms with E-state index in [0.717, 1.165) is 12.1 Å². The molecular weight excluding hydrogens is 282 g/mol. The van der Waals surface area contributed by atoms with Crippen LogP contribution in [0.5, 0.6) is 11.5 Å². The summed E-state index contributed by atoms with van der Waals surface area (Å²) < 4.78 is 0. The summed E-state index contributed by atoms with van der Waals surface area (Å²) in [4.78, 5) is 14.2. The van der Waals surface area contributed by atoms with Crippen LogP contribution in [-0.4, -0.2) is 51.7 Å². The van der Waals surface area contributed by atoms with Crippen LogP contribution in [-0.2, 0) is 10.2 Å². The van der Waals surface area contributed by atoms with Crippen molar-refractivity contribution in [3.63, 3.8) is 0 Å². The molecule has 1 heterocycles. The summed E-state index contributed by atoms with van der Waals surface area (Å²) in [7, 11) is 1.95. The molecule has 1 aliphatic heterocycles. The number of phenols is 2. The Morgan fingerprint density at radius 1 is 1.23 bits per heavy atom. The first-order valence-corrected chi connectivity index (χ1v) is 7.74. The van der Waals surface area contributed by atoms with E-state index >= 15 is 0 Å². The Bertz CT molecular complexity index is 629. The van der Waals surface area contributed by atoms with Crippen LogP contribution in [0.1, 0.15) is 36.8 Å². The average molecular weight is 305 g/mol. The van der Waals surface area contributed by atoms with Crippen LogP contribution in [0, 0.1) is 6.92 Å². The molecule has 0 radical (unpaired) electrons. The third kappa shape index (κ3) is 2.03.